The summed E-state index contributed by atoms with van der Waals surface area (Å²) in [6, 6.07) is 13.4. The van der Waals surface area contributed by atoms with Crippen molar-refractivity contribution in [3.05, 3.63) is 70.8 Å². The summed E-state index contributed by atoms with van der Waals surface area (Å²) in [6.45, 7) is 4.46. The van der Waals surface area contributed by atoms with E-state index >= 15 is 0 Å². The van der Waals surface area contributed by atoms with E-state index in [4.69, 9.17) is 19.0 Å². The minimum atomic E-state index is -4.83. The molecule has 8 nitrogen and oxygen atoms in total. The summed E-state index contributed by atoms with van der Waals surface area (Å²) in [5.41, 5.74) is 3.45. The standard InChI is InChI=1S/C32H32F3N3O5S/c1-18-14-23(15-19(2)38(18)31-36-26(17-44-31)20-8-12-22(13-9-20)30(39)40-3)41-16-25-28(37-43-29(25)21-10-11-21)24-6-4-5-7-27(24)42-32(33,34)35/h4-9,12-13,17-19,21,23H,10-11,14-16H2,1-3H3/t18-,19+,23?. The topological polar surface area (TPSA) is 86.9 Å². The fourth-order valence-electron chi connectivity index (χ4n) is 5.86. The molecule has 44 heavy (non-hydrogen) atoms. The zero-order valence-corrected chi connectivity index (χ0v) is 25.3. The Morgan fingerprint density at radius 3 is 2.43 bits per heavy atom. The lowest BCUT2D eigenvalue weighted by molar-refractivity contribution is -0.274. The molecule has 1 saturated heterocycles. The van der Waals surface area contributed by atoms with Crippen LogP contribution in [0.25, 0.3) is 22.5 Å². The van der Waals surface area contributed by atoms with Crippen molar-refractivity contribution in [3.8, 4) is 28.3 Å². The number of thiazole rings is 1. The molecule has 2 aliphatic rings. The van der Waals surface area contributed by atoms with Crippen LogP contribution in [0.4, 0.5) is 18.3 Å². The van der Waals surface area contributed by atoms with E-state index in [1.165, 1.54) is 19.2 Å². The molecular weight excluding hydrogens is 595 g/mol. The molecule has 3 atom stereocenters. The third kappa shape index (κ3) is 6.46. The Labute approximate surface area is 256 Å². The molecule has 1 aliphatic carbocycles. The molecular formula is C32H32F3N3O5S. The minimum Gasteiger partial charge on any atom is -0.465 e. The van der Waals surface area contributed by atoms with Gasteiger partial charge in [-0.15, -0.1) is 24.5 Å². The van der Waals surface area contributed by atoms with Crippen LogP contribution in [0.5, 0.6) is 5.75 Å². The molecule has 4 aromatic rings. The predicted molar refractivity (Wildman–Crippen MR) is 159 cm³/mol. The maximum absolute atomic E-state index is 13.1. The molecule has 2 fully saturated rings. The number of nitrogens with zero attached hydrogens (tertiary/aromatic N) is 3. The highest BCUT2D eigenvalue weighted by molar-refractivity contribution is 7.14. The van der Waals surface area contributed by atoms with Gasteiger partial charge in [0.2, 0.25) is 0 Å². The Morgan fingerprint density at radius 1 is 1.07 bits per heavy atom. The molecule has 1 unspecified atom stereocenters. The van der Waals surface area contributed by atoms with Crippen LogP contribution in [0, 0.1) is 0 Å². The van der Waals surface area contributed by atoms with E-state index < -0.39 is 6.36 Å². The normalized spacial score (nSPS) is 20.5. The number of hydrogen-bond acceptors (Lipinski definition) is 9. The molecule has 232 valence electrons. The van der Waals surface area contributed by atoms with Crippen molar-refractivity contribution in [2.75, 3.05) is 12.0 Å². The summed E-state index contributed by atoms with van der Waals surface area (Å²) in [6.07, 6.45) is -1.51. The van der Waals surface area contributed by atoms with Gasteiger partial charge in [0.25, 0.3) is 0 Å². The van der Waals surface area contributed by atoms with E-state index in [9.17, 15) is 18.0 Å². The first kappa shape index (κ1) is 30.1. The van der Waals surface area contributed by atoms with E-state index in [1.807, 2.05) is 17.5 Å². The Bertz CT molecular complexity index is 1600. The van der Waals surface area contributed by atoms with Crippen LogP contribution in [0.2, 0.25) is 0 Å². The molecule has 1 saturated carbocycles. The number of alkyl halides is 3. The summed E-state index contributed by atoms with van der Waals surface area (Å²) in [7, 11) is 1.36. The second-order valence-corrected chi connectivity index (χ2v) is 12.1. The SMILES string of the molecule is COC(=O)c1ccc(-c2csc(N3[C@H](C)CC(OCc4c(-c5ccccc5OC(F)(F)F)noc4C4CC4)C[C@@H]3C)n2)cc1. The lowest BCUT2D eigenvalue weighted by atomic mass is 9.95. The Hall–Kier alpha value is -3.90. The molecule has 6 rings (SSSR count). The number of hydrogen-bond donors (Lipinski definition) is 0. The summed E-state index contributed by atoms with van der Waals surface area (Å²) in [5.74, 6) is 0.165. The number of rotatable bonds is 9. The number of ether oxygens (including phenoxy) is 3. The van der Waals surface area contributed by atoms with Crippen LogP contribution in [0.1, 0.15) is 67.1 Å². The molecule has 3 heterocycles. The maximum atomic E-state index is 13.1. The lowest BCUT2D eigenvalue weighted by Gasteiger charge is -2.42. The Balaban J connectivity index is 1.15. The molecule has 0 radical (unpaired) electrons. The average molecular weight is 628 g/mol. The van der Waals surface area contributed by atoms with Gasteiger partial charge in [-0.25, -0.2) is 9.78 Å². The van der Waals surface area contributed by atoms with Crippen molar-refractivity contribution in [2.45, 2.75) is 76.6 Å². The first-order valence-corrected chi connectivity index (χ1v) is 15.4. The van der Waals surface area contributed by atoms with Crippen molar-refractivity contribution >= 4 is 22.4 Å². The monoisotopic (exact) mass is 627 g/mol. The number of halogens is 3. The Kier molecular flexibility index (Phi) is 8.38. The zero-order valence-electron chi connectivity index (χ0n) is 24.5. The lowest BCUT2D eigenvalue weighted by Crippen LogP contribution is -2.49. The molecule has 2 aromatic carbocycles. The van der Waals surface area contributed by atoms with Crippen molar-refractivity contribution in [1.82, 2.24) is 10.1 Å². The number of benzene rings is 2. The molecule has 2 aromatic heterocycles. The van der Waals surface area contributed by atoms with Crippen molar-refractivity contribution in [2.24, 2.45) is 0 Å². The highest BCUT2D eigenvalue weighted by atomic mass is 32.1. The van der Waals surface area contributed by atoms with Gasteiger partial charge in [-0.3, -0.25) is 0 Å². The van der Waals surface area contributed by atoms with E-state index in [1.54, 1.807) is 35.6 Å². The number of carbonyl (C=O) groups is 1. The zero-order chi connectivity index (χ0) is 31.0. The average Bonchev–Trinajstić information content (AvgIpc) is 3.57. The molecule has 0 bridgehead atoms. The van der Waals surface area contributed by atoms with Gasteiger partial charge in [0, 0.05) is 40.1 Å². The number of para-hydroxylation sites is 1. The van der Waals surface area contributed by atoms with Gasteiger partial charge in [0.05, 0.1) is 31.1 Å². The molecule has 0 amide bonds. The van der Waals surface area contributed by atoms with Crippen molar-refractivity contribution in [3.63, 3.8) is 0 Å². The third-order valence-electron chi connectivity index (χ3n) is 8.07. The van der Waals surface area contributed by atoms with Crippen LogP contribution in [-0.2, 0) is 16.1 Å². The van der Waals surface area contributed by atoms with Crippen LogP contribution in [0.3, 0.4) is 0 Å². The fourth-order valence-corrected chi connectivity index (χ4v) is 6.90. The number of piperidine rings is 1. The predicted octanol–water partition coefficient (Wildman–Crippen LogP) is 7.99. The molecule has 12 heteroatoms. The quantitative estimate of drug-likeness (QED) is 0.173. The highest BCUT2D eigenvalue weighted by Gasteiger charge is 2.37. The van der Waals surface area contributed by atoms with E-state index in [-0.39, 0.29) is 48.0 Å². The van der Waals surface area contributed by atoms with Gasteiger partial charge >= 0.3 is 12.3 Å². The summed E-state index contributed by atoms with van der Waals surface area (Å²) >= 11 is 1.57. The van der Waals surface area contributed by atoms with Gasteiger partial charge in [-0.1, -0.05) is 29.4 Å². The van der Waals surface area contributed by atoms with Crippen LogP contribution in [0.15, 0.2) is 58.4 Å². The third-order valence-corrected chi connectivity index (χ3v) is 8.92. The van der Waals surface area contributed by atoms with Crippen LogP contribution in [-0.4, -0.2) is 47.8 Å². The second kappa shape index (κ2) is 12.2. The smallest absolute Gasteiger partial charge is 0.465 e. The second-order valence-electron chi connectivity index (χ2n) is 11.3. The molecule has 1 aliphatic heterocycles. The largest absolute Gasteiger partial charge is 0.573 e. The van der Waals surface area contributed by atoms with E-state index in [2.05, 4.69) is 28.6 Å². The molecule has 0 N–H and O–H groups in total. The van der Waals surface area contributed by atoms with Crippen LogP contribution >= 0.6 is 11.3 Å². The van der Waals surface area contributed by atoms with Gasteiger partial charge in [-0.05, 0) is 63.8 Å². The fraction of sp³-hybridized carbons (Fsp3) is 0.406. The number of anilines is 1. The number of methoxy groups -OCH3 is 1. The summed E-state index contributed by atoms with van der Waals surface area (Å²) < 4.78 is 60.6. The van der Waals surface area contributed by atoms with Gasteiger partial charge < -0.3 is 23.6 Å². The van der Waals surface area contributed by atoms with E-state index in [0.717, 1.165) is 42.1 Å². The number of aromatic nitrogens is 2. The first-order valence-electron chi connectivity index (χ1n) is 14.5. The first-order chi connectivity index (χ1) is 21.1. The van der Waals surface area contributed by atoms with Crippen molar-refractivity contribution in [1.29, 1.82) is 0 Å². The van der Waals surface area contributed by atoms with Gasteiger partial charge in [0.15, 0.2) is 5.13 Å². The van der Waals surface area contributed by atoms with Crippen LogP contribution < -0.4 is 9.64 Å². The maximum Gasteiger partial charge on any atom is 0.573 e. The molecule has 0 spiro atoms. The van der Waals surface area contributed by atoms with Gasteiger partial charge in [0.1, 0.15) is 17.2 Å². The minimum absolute atomic E-state index is 0.0713. The number of carbonyl (C=O) groups excluding carboxylic acids is 1. The summed E-state index contributed by atoms with van der Waals surface area (Å²) in [5, 5.41) is 7.11. The van der Waals surface area contributed by atoms with Gasteiger partial charge in [-0.2, -0.15) is 0 Å². The highest BCUT2D eigenvalue weighted by Crippen LogP contribution is 2.46. The van der Waals surface area contributed by atoms with E-state index in [0.29, 0.717) is 22.6 Å². The van der Waals surface area contributed by atoms with Crippen molar-refractivity contribution < 1.29 is 36.7 Å². The Morgan fingerprint density at radius 2 is 1.77 bits per heavy atom. The number of esters is 1. The summed E-state index contributed by atoms with van der Waals surface area (Å²) in [4.78, 5) is 19.0.